The van der Waals surface area contributed by atoms with Crippen molar-refractivity contribution in [2.45, 2.75) is 161 Å². The third-order valence-corrected chi connectivity index (χ3v) is 8.44. The van der Waals surface area contributed by atoms with Crippen LogP contribution in [0.4, 0.5) is 0 Å². The fourth-order valence-corrected chi connectivity index (χ4v) is 5.41. The van der Waals surface area contributed by atoms with Crippen molar-refractivity contribution in [3.05, 3.63) is 24.3 Å². The second-order valence-electron chi connectivity index (χ2n) is 12.1. The monoisotopic (exact) mass is 689 g/mol. The molecule has 0 aromatic heterocycles. The number of carboxylic acids is 1. The highest BCUT2D eigenvalue weighted by molar-refractivity contribution is 7.47. The Labute approximate surface area is 283 Å². The molecule has 47 heavy (non-hydrogen) atoms. The van der Waals surface area contributed by atoms with Gasteiger partial charge in [0.2, 0.25) is 5.91 Å². The number of ether oxygens (including phenoxy) is 1. The van der Waals surface area contributed by atoms with Gasteiger partial charge in [0.05, 0.1) is 13.2 Å². The van der Waals surface area contributed by atoms with Crippen LogP contribution < -0.4 is 5.32 Å². The molecule has 0 rings (SSSR count). The third-order valence-electron chi connectivity index (χ3n) is 7.49. The summed E-state index contributed by atoms with van der Waals surface area (Å²) >= 11 is 0. The topological polar surface area (TPSA) is 169 Å². The van der Waals surface area contributed by atoms with Crippen molar-refractivity contribution < 1.29 is 47.8 Å². The summed E-state index contributed by atoms with van der Waals surface area (Å²) < 4.78 is 26.6. The molecule has 0 radical (unpaired) electrons. The molecule has 0 fully saturated rings. The molecular weight excluding hydrogens is 625 g/mol. The fourth-order valence-electron chi connectivity index (χ4n) is 4.64. The largest absolute Gasteiger partial charge is 0.480 e. The SMILES string of the molecule is CCCCC/C=C\C/C=C\CCCCCCCCCC(=O)OCC(O)COP(=O)(O)OCC(NC(=O)CCCCCCCC)C(=O)O. The molecule has 0 aliphatic heterocycles. The fraction of sp³-hybridized carbons (Fsp3) is 0.800. The number of carboxylic acid groups (broad SMARTS) is 1. The normalized spacial score (nSPS) is 14.3. The first-order chi connectivity index (χ1) is 22.6. The minimum absolute atomic E-state index is 0.143. The van der Waals surface area contributed by atoms with Crippen LogP contribution in [0, 0.1) is 0 Å². The van der Waals surface area contributed by atoms with Crippen molar-refractivity contribution in [3.8, 4) is 0 Å². The van der Waals surface area contributed by atoms with E-state index in [0.29, 0.717) is 12.8 Å². The Kier molecular flexibility index (Phi) is 29.9. The van der Waals surface area contributed by atoms with Gasteiger partial charge in [-0.05, 0) is 44.9 Å². The van der Waals surface area contributed by atoms with Gasteiger partial charge in [-0.15, -0.1) is 0 Å². The molecule has 0 aliphatic carbocycles. The molecule has 274 valence electrons. The molecule has 0 saturated carbocycles. The van der Waals surface area contributed by atoms with E-state index in [1.165, 1.54) is 44.9 Å². The van der Waals surface area contributed by atoms with Crippen molar-refractivity contribution in [3.63, 3.8) is 0 Å². The van der Waals surface area contributed by atoms with Gasteiger partial charge in [-0.3, -0.25) is 18.6 Å². The van der Waals surface area contributed by atoms with E-state index in [0.717, 1.165) is 64.2 Å². The van der Waals surface area contributed by atoms with Gasteiger partial charge in [-0.2, -0.15) is 0 Å². The predicted octanol–water partition coefficient (Wildman–Crippen LogP) is 7.94. The number of phosphoric acid groups is 1. The summed E-state index contributed by atoms with van der Waals surface area (Å²) in [6.07, 6.45) is 28.3. The average Bonchev–Trinajstić information content (AvgIpc) is 3.04. The molecule has 3 atom stereocenters. The van der Waals surface area contributed by atoms with Crippen LogP contribution in [0.1, 0.15) is 149 Å². The zero-order valence-electron chi connectivity index (χ0n) is 29.1. The minimum Gasteiger partial charge on any atom is -0.480 e. The highest BCUT2D eigenvalue weighted by atomic mass is 31.2. The average molecular weight is 690 g/mol. The summed E-state index contributed by atoms with van der Waals surface area (Å²) in [6.45, 7) is 2.43. The number of aliphatic hydroxyl groups excluding tert-OH is 1. The molecule has 1 amide bonds. The van der Waals surface area contributed by atoms with E-state index in [1.807, 2.05) is 0 Å². The molecule has 11 nitrogen and oxygen atoms in total. The van der Waals surface area contributed by atoms with E-state index in [2.05, 4.69) is 43.5 Å². The number of allylic oxidation sites excluding steroid dienone is 4. The summed E-state index contributed by atoms with van der Waals surface area (Å²) in [5.41, 5.74) is 0. The van der Waals surface area contributed by atoms with Gasteiger partial charge in [0.25, 0.3) is 0 Å². The maximum atomic E-state index is 12.1. The number of nitrogens with one attached hydrogen (secondary N) is 1. The van der Waals surface area contributed by atoms with Crippen LogP contribution in [0.25, 0.3) is 0 Å². The quantitative estimate of drug-likeness (QED) is 0.0230. The van der Waals surface area contributed by atoms with Gasteiger partial charge in [-0.1, -0.05) is 115 Å². The van der Waals surface area contributed by atoms with E-state index in [9.17, 15) is 34.1 Å². The number of unbranched alkanes of at least 4 members (excludes halogenated alkanes) is 15. The lowest BCUT2D eigenvalue weighted by atomic mass is 10.1. The van der Waals surface area contributed by atoms with E-state index in [1.54, 1.807) is 0 Å². The number of carbonyl (C=O) groups is 3. The number of aliphatic hydroxyl groups is 1. The van der Waals surface area contributed by atoms with Crippen LogP contribution in [0.3, 0.4) is 0 Å². The van der Waals surface area contributed by atoms with E-state index in [4.69, 9.17) is 13.8 Å². The molecule has 0 aliphatic rings. The Morgan fingerprint density at radius 3 is 1.77 bits per heavy atom. The number of carbonyl (C=O) groups excluding carboxylic acids is 2. The van der Waals surface area contributed by atoms with Gasteiger partial charge < -0.3 is 25.2 Å². The number of aliphatic carboxylic acids is 1. The molecule has 0 heterocycles. The molecule has 0 saturated heterocycles. The lowest BCUT2D eigenvalue weighted by Gasteiger charge is -2.18. The molecule has 4 N–H and O–H groups in total. The molecular formula is C35H64NO10P. The summed E-state index contributed by atoms with van der Waals surface area (Å²) in [7, 11) is -4.74. The first kappa shape index (κ1) is 45.0. The molecule has 3 unspecified atom stereocenters. The molecule has 0 bridgehead atoms. The Hall–Kier alpha value is -2.04. The lowest BCUT2D eigenvalue weighted by molar-refractivity contribution is -0.147. The van der Waals surface area contributed by atoms with Crippen LogP contribution in [-0.2, 0) is 32.7 Å². The van der Waals surface area contributed by atoms with Crippen LogP contribution in [-0.4, -0.2) is 64.9 Å². The maximum Gasteiger partial charge on any atom is 0.472 e. The summed E-state index contributed by atoms with van der Waals surface area (Å²) in [6, 6.07) is -1.54. The van der Waals surface area contributed by atoms with Crippen molar-refractivity contribution in [2.75, 3.05) is 19.8 Å². The Morgan fingerprint density at radius 2 is 1.17 bits per heavy atom. The first-order valence-corrected chi connectivity index (χ1v) is 19.4. The molecule has 0 spiro atoms. The predicted molar refractivity (Wildman–Crippen MR) is 185 cm³/mol. The highest BCUT2D eigenvalue weighted by Crippen LogP contribution is 2.43. The van der Waals surface area contributed by atoms with Gasteiger partial charge in [0.15, 0.2) is 6.04 Å². The van der Waals surface area contributed by atoms with Crippen LogP contribution in [0.15, 0.2) is 24.3 Å². The van der Waals surface area contributed by atoms with E-state index in [-0.39, 0.29) is 12.8 Å². The van der Waals surface area contributed by atoms with Crippen LogP contribution in [0.2, 0.25) is 0 Å². The summed E-state index contributed by atoms with van der Waals surface area (Å²) in [5.74, 6) is -2.40. The van der Waals surface area contributed by atoms with Crippen LogP contribution >= 0.6 is 7.82 Å². The standard InChI is InChI=1S/C35H64NO10P/c1-3-5-7-9-11-12-13-14-15-16-17-18-19-20-21-23-25-27-34(39)44-28-31(37)29-45-47(42,43)46-30-32(35(40)41)36-33(38)26-24-22-10-8-6-4-2/h11-12,14-15,31-32,37H,3-10,13,16-30H2,1-2H3,(H,36,38)(H,40,41)(H,42,43)/b12-11-,15-14-. The van der Waals surface area contributed by atoms with E-state index < -0.39 is 57.6 Å². The number of amides is 1. The maximum absolute atomic E-state index is 12.1. The van der Waals surface area contributed by atoms with Gasteiger partial charge in [0.1, 0.15) is 12.7 Å². The van der Waals surface area contributed by atoms with Gasteiger partial charge >= 0.3 is 19.8 Å². The third kappa shape index (κ3) is 31.0. The number of hydrogen-bond acceptors (Lipinski definition) is 8. The van der Waals surface area contributed by atoms with E-state index >= 15 is 0 Å². The number of rotatable bonds is 33. The minimum atomic E-state index is -4.74. The Morgan fingerprint density at radius 1 is 0.681 bits per heavy atom. The first-order valence-electron chi connectivity index (χ1n) is 17.9. The molecule has 12 heteroatoms. The van der Waals surface area contributed by atoms with Crippen molar-refractivity contribution in [1.82, 2.24) is 5.32 Å². The van der Waals surface area contributed by atoms with Crippen molar-refractivity contribution in [1.29, 1.82) is 0 Å². The zero-order chi connectivity index (χ0) is 35.0. The van der Waals surface area contributed by atoms with Crippen LogP contribution in [0.5, 0.6) is 0 Å². The van der Waals surface area contributed by atoms with Gasteiger partial charge in [-0.25, -0.2) is 9.36 Å². The zero-order valence-corrected chi connectivity index (χ0v) is 30.0. The summed E-state index contributed by atoms with van der Waals surface area (Å²) in [5, 5.41) is 21.6. The van der Waals surface area contributed by atoms with Crippen molar-refractivity contribution >= 4 is 25.7 Å². The molecule has 0 aromatic rings. The lowest BCUT2D eigenvalue weighted by Crippen LogP contribution is -2.43. The van der Waals surface area contributed by atoms with Gasteiger partial charge in [0, 0.05) is 12.8 Å². The smallest absolute Gasteiger partial charge is 0.472 e. The highest BCUT2D eigenvalue weighted by Gasteiger charge is 2.28. The number of phosphoric ester groups is 1. The second kappa shape index (κ2) is 31.2. The number of esters is 1. The Bertz CT molecular complexity index is 911. The number of hydrogen-bond donors (Lipinski definition) is 4. The van der Waals surface area contributed by atoms with Crippen molar-refractivity contribution in [2.24, 2.45) is 0 Å². The Balaban J connectivity index is 3.91. The second-order valence-corrected chi connectivity index (χ2v) is 13.5. The summed E-state index contributed by atoms with van der Waals surface area (Å²) in [4.78, 5) is 45.3. The molecule has 0 aromatic carbocycles.